The molecule has 0 bridgehead atoms. The van der Waals surface area contributed by atoms with Crippen molar-refractivity contribution < 1.29 is 22.0 Å². The van der Waals surface area contributed by atoms with Crippen molar-refractivity contribution in [2.45, 2.75) is 32.1 Å². The van der Waals surface area contributed by atoms with Crippen LogP contribution in [0.4, 0.5) is 25.1 Å². The van der Waals surface area contributed by atoms with Gasteiger partial charge in [-0.1, -0.05) is 28.6 Å². The van der Waals surface area contributed by atoms with E-state index in [0.29, 0.717) is 57.3 Å². The summed E-state index contributed by atoms with van der Waals surface area (Å²) in [5, 5.41) is 16.4. The normalized spacial score (nSPS) is 11.6. The van der Waals surface area contributed by atoms with Gasteiger partial charge in [0.05, 0.1) is 24.6 Å². The van der Waals surface area contributed by atoms with Crippen molar-refractivity contribution in [2.75, 3.05) is 11.5 Å². The predicted octanol–water partition coefficient (Wildman–Crippen LogP) is 5.22. The number of anilines is 2. The fourth-order valence-corrected chi connectivity index (χ4v) is 5.17. The molecule has 252 valence electrons. The largest absolute Gasteiger partial charge is 0.463 e. The van der Waals surface area contributed by atoms with Crippen LogP contribution in [0.5, 0.6) is 0 Å². The number of hydrogen-bond acceptors (Lipinski definition) is 13. The van der Waals surface area contributed by atoms with E-state index in [2.05, 4.69) is 51.6 Å². The van der Waals surface area contributed by atoms with Gasteiger partial charge >= 0.3 is 6.18 Å². The predicted molar refractivity (Wildman–Crippen MR) is 174 cm³/mol. The topological polar surface area (TPSA) is 204 Å². The van der Waals surface area contributed by atoms with Gasteiger partial charge in [-0.05, 0) is 66.4 Å². The fraction of sp³-hybridized carbons (Fsp3) is 0.156. The van der Waals surface area contributed by atoms with Gasteiger partial charge in [0.25, 0.3) is 0 Å². The van der Waals surface area contributed by atoms with E-state index in [-0.39, 0.29) is 18.4 Å². The van der Waals surface area contributed by atoms with Crippen molar-refractivity contribution >= 4 is 34.2 Å². The molecule has 0 unspecified atom stereocenters. The molecule has 0 amide bonds. The van der Waals surface area contributed by atoms with E-state index < -0.39 is 11.7 Å². The number of nitrogen functional groups attached to an aromatic ring is 2. The second kappa shape index (κ2) is 13.4. The summed E-state index contributed by atoms with van der Waals surface area (Å²) in [6.07, 6.45) is 4.08. The lowest BCUT2D eigenvalue weighted by atomic mass is 10.1. The highest BCUT2D eigenvalue weighted by atomic mass is 19.4. The van der Waals surface area contributed by atoms with E-state index in [1.807, 2.05) is 18.3 Å². The van der Waals surface area contributed by atoms with Crippen molar-refractivity contribution in [2.24, 2.45) is 0 Å². The molecule has 0 radical (unpaired) electrons. The third-order valence-corrected chi connectivity index (χ3v) is 7.41. The minimum Gasteiger partial charge on any atom is -0.463 e. The van der Waals surface area contributed by atoms with E-state index >= 15 is 0 Å². The van der Waals surface area contributed by atoms with Gasteiger partial charge in [0.2, 0.25) is 11.9 Å². The Hall–Kier alpha value is -6.72. The number of pyridine rings is 1. The molecule has 0 aliphatic rings. The first kappa shape index (κ1) is 31.9. The average Bonchev–Trinajstić information content (AvgIpc) is 3.94. The van der Waals surface area contributed by atoms with Crippen molar-refractivity contribution in [1.82, 2.24) is 54.9 Å². The van der Waals surface area contributed by atoms with Gasteiger partial charge in [-0.3, -0.25) is 4.98 Å². The van der Waals surface area contributed by atoms with Gasteiger partial charge < -0.3 is 20.3 Å². The number of hydrogen-bond donors (Lipinski definition) is 2. The van der Waals surface area contributed by atoms with E-state index in [0.717, 1.165) is 25.0 Å². The average molecular weight is 682 g/mol. The van der Waals surface area contributed by atoms with E-state index in [1.54, 1.807) is 41.4 Å². The first-order chi connectivity index (χ1) is 24.2. The van der Waals surface area contributed by atoms with Crippen molar-refractivity contribution in [1.29, 1.82) is 0 Å². The summed E-state index contributed by atoms with van der Waals surface area (Å²) in [4.78, 5) is 20.9. The molecule has 7 heterocycles. The minimum absolute atomic E-state index is 0.0171. The first-order valence-corrected chi connectivity index (χ1v) is 15.1. The molecule has 0 aliphatic carbocycles. The van der Waals surface area contributed by atoms with Gasteiger partial charge in [0.1, 0.15) is 11.4 Å². The molecular formula is C32H26F3N13O2. The number of aromatic nitrogens is 11. The van der Waals surface area contributed by atoms with E-state index in [4.69, 9.17) is 20.3 Å². The molecule has 7 aromatic heterocycles. The number of benzene rings is 1. The van der Waals surface area contributed by atoms with Crippen LogP contribution in [0, 0.1) is 0 Å². The van der Waals surface area contributed by atoms with Crippen LogP contribution in [0.25, 0.3) is 45.2 Å². The molecule has 4 N–H and O–H groups in total. The number of rotatable bonds is 8. The van der Waals surface area contributed by atoms with Gasteiger partial charge in [0.15, 0.2) is 33.8 Å². The molecule has 0 saturated heterocycles. The quantitative estimate of drug-likeness (QED) is 0.211. The third kappa shape index (κ3) is 6.80. The van der Waals surface area contributed by atoms with Crippen LogP contribution in [-0.4, -0.2) is 54.9 Å². The number of furan rings is 2. The summed E-state index contributed by atoms with van der Waals surface area (Å²) in [6, 6.07) is 15.9. The summed E-state index contributed by atoms with van der Waals surface area (Å²) in [6.45, 7) is 0.730. The zero-order valence-corrected chi connectivity index (χ0v) is 25.9. The van der Waals surface area contributed by atoms with E-state index in [1.165, 1.54) is 22.6 Å². The molecule has 0 aliphatic heterocycles. The lowest BCUT2D eigenvalue weighted by Gasteiger charge is -2.09. The Kier molecular flexibility index (Phi) is 8.55. The lowest BCUT2D eigenvalue weighted by Crippen LogP contribution is -2.08. The highest BCUT2D eigenvalue weighted by Gasteiger charge is 2.30. The SMILES string of the molecule is Nc1nc(-c2ccco2)c2nnn(CCCc3cccnc3)c2n1.Nc1nc(-c2ccco2)c2nnn(Cc3cccc(C(F)(F)F)c3)c2n1. The number of nitrogens with two attached hydrogens (primary N) is 2. The molecule has 0 saturated carbocycles. The Balaban J connectivity index is 0.000000157. The van der Waals surface area contributed by atoms with Crippen LogP contribution in [0.1, 0.15) is 23.1 Å². The highest BCUT2D eigenvalue weighted by molar-refractivity contribution is 5.86. The summed E-state index contributed by atoms with van der Waals surface area (Å²) >= 11 is 0. The Morgan fingerprint density at radius 3 is 1.90 bits per heavy atom. The Bertz CT molecular complexity index is 2350. The zero-order valence-electron chi connectivity index (χ0n) is 25.9. The third-order valence-electron chi connectivity index (χ3n) is 7.41. The molecule has 8 rings (SSSR count). The standard InChI is InChI=1S/C16H11F3N6O.C16H15N7O/c17-16(18,19)10-4-1-3-9(7-10)8-25-14-13(23-24-25)12(21-15(20)22-14)11-5-2-6-26-11;17-16-19-13(12-6-3-9-24-12)14-15(20-16)23(22-21-14)8-2-5-11-4-1-7-18-10-11/h1-7H,8H2,(H2,20,21,22);1,3-4,6-7,9-10H,2,5,8H2,(H2,17,19,20). The number of halogens is 3. The summed E-state index contributed by atoms with van der Waals surface area (Å²) < 4.78 is 52.5. The molecule has 50 heavy (non-hydrogen) atoms. The van der Waals surface area contributed by atoms with Crippen LogP contribution in [0.2, 0.25) is 0 Å². The number of nitrogens with zero attached hydrogens (tertiary/aromatic N) is 11. The summed E-state index contributed by atoms with van der Waals surface area (Å²) in [7, 11) is 0. The molecular weight excluding hydrogens is 655 g/mol. The van der Waals surface area contributed by atoms with Gasteiger partial charge in [-0.25, -0.2) is 19.3 Å². The van der Waals surface area contributed by atoms with Crippen LogP contribution in [0.3, 0.4) is 0 Å². The van der Waals surface area contributed by atoms with Crippen LogP contribution in [-0.2, 0) is 25.7 Å². The molecule has 8 aromatic rings. The maximum atomic E-state index is 12.9. The Morgan fingerprint density at radius 1 is 0.700 bits per heavy atom. The van der Waals surface area contributed by atoms with Crippen molar-refractivity contribution in [3.63, 3.8) is 0 Å². The van der Waals surface area contributed by atoms with Gasteiger partial charge in [-0.2, -0.15) is 23.1 Å². The van der Waals surface area contributed by atoms with Crippen molar-refractivity contribution in [3.05, 3.63) is 102 Å². The minimum atomic E-state index is -4.42. The van der Waals surface area contributed by atoms with Crippen LogP contribution >= 0.6 is 0 Å². The maximum absolute atomic E-state index is 12.9. The second-order valence-corrected chi connectivity index (χ2v) is 10.9. The van der Waals surface area contributed by atoms with Gasteiger partial charge in [-0.15, -0.1) is 10.2 Å². The molecule has 15 nitrogen and oxygen atoms in total. The monoisotopic (exact) mass is 681 g/mol. The number of fused-ring (bicyclic) bond motifs is 2. The zero-order chi connectivity index (χ0) is 34.7. The molecule has 18 heteroatoms. The summed E-state index contributed by atoms with van der Waals surface area (Å²) in [5.74, 6) is 1.19. The number of alkyl halides is 3. The number of aryl methyl sites for hydroxylation is 2. The van der Waals surface area contributed by atoms with Gasteiger partial charge in [0, 0.05) is 18.9 Å². The molecule has 1 aromatic carbocycles. The van der Waals surface area contributed by atoms with E-state index in [9.17, 15) is 13.2 Å². The maximum Gasteiger partial charge on any atom is 0.416 e. The van der Waals surface area contributed by atoms with Crippen LogP contribution in [0.15, 0.2) is 94.4 Å². The Morgan fingerprint density at radius 2 is 1.32 bits per heavy atom. The molecule has 0 spiro atoms. The van der Waals surface area contributed by atoms with Crippen LogP contribution < -0.4 is 11.5 Å². The fourth-order valence-electron chi connectivity index (χ4n) is 5.17. The van der Waals surface area contributed by atoms with Crippen molar-refractivity contribution in [3.8, 4) is 22.9 Å². The highest BCUT2D eigenvalue weighted by Crippen LogP contribution is 2.30. The Labute approximate surface area is 279 Å². The molecule has 0 fully saturated rings. The molecule has 0 atom stereocenters. The summed E-state index contributed by atoms with van der Waals surface area (Å²) in [5.41, 5.74) is 15.2. The first-order valence-electron chi connectivity index (χ1n) is 15.1. The lowest BCUT2D eigenvalue weighted by molar-refractivity contribution is -0.137. The second-order valence-electron chi connectivity index (χ2n) is 10.9. The smallest absolute Gasteiger partial charge is 0.416 e.